The maximum Gasteiger partial charge on any atom is 0.262 e. The molecular weight excluding hydrogens is 380 g/mol. The number of nitrogens with zero attached hydrogens (tertiary/aromatic N) is 1. The van der Waals surface area contributed by atoms with Crippen LogP contribution in [0.4, 0.5) is 5.69 Å². The molecule has 0 aliphatic heterocycles. The third kappa shape index (κ3) is 4.28. The molecule has 2 aromatic carbocycles. The Balaban J connectivity index is 1.62. The molecule has 25 heavy (non-hydrogen) atoms. The molecule has 1 unspecified atom stereocenters. The minimum atomic E-state index is -0.346. The third-order valence-electron chi connectivity index (χ3n) is 3.91. The molecule has 5 nitrogen and oxygen atoms in total. The summed E-state index contributed by atoms with van der Waals surface area (Å²) in [6, 6.07) is 15.3. The number of fused-ring (bicyclic) bond motifs is 1. The van der Waals surface area contributed by atoms with E-state index in [0.717, 1.165) is 26.6 Å². The summed E-state index contributed by atoms with van der Waals surface area (Å²) in [6.45, 7) is 1.96. The van der Waals surface area contributed by atoms with Crippen LogP contribution in [0.25, 0.3) is 10.9 Å². The number of hydrogen-bond acceptors (Lipinski definition) is 3. The van der Waals surface area contributed by atoms with Crippen LogP contribution in [0.3, 0.4) is 0 Å². The van der Waals surface area contributed by atoms with E-state index in [1.165, 1.54) is 0 Å². The van der Waals surface area contributed by atoms with Crippen molar-refractivity contribution in [3.8, 4) is 0 Å². The van der Waals surface area contributed by atoms with Gasteiger partial charge >= 0.3 is 0 Å². The van der Waals surface area contributed by atoms with Crippen molar-refractivity contribution in [2.75, 3.05) is 5.32 Å². The summed E-state index contributed by atoms with van der Waals surface area (Å²) >= 11 is 3.40. The van der Waals surface area contributed by atoms with Gasteiger partial charge in [0.25, 0.3) is 5.91 Å². The second-order valence-corrected chi connectivity index (χ2v) is 6.55. The minimum absolute atomic E-state index is 0.165. The molecule has 0 saturated heterocycles. The van der Waals surface area contributed by atoms with E-state index >= 15 is 0 Å². The lowest BCUT2D eigenvalue weighted by atomic mass is 10.2. The minimum Gasteiger partial charge on any atom is -0.374 e. The van der Waals surface area contributed by atoms with E-state index in [4.69, 9.17) is 0 Å². The fourth-order valence-corrected chi connectivity index (χ4v) is 2.81. The molecule has 0 spiro atoms. The molecule has 1 amide bonds. The first-order chi connectivity index (χ1) is 12.2. The van der Waals surface area contributed by atoms with Crippen molar-refractivity contribution in [2.45, 2.75) is 19.4 Å². The number of hydrogen-bond donors (Lipinski definition) is 3. The molecule has 1 atom stereocenters. The van der Waals surface area contributed by atoms with Crippen LogP contribution >= 0.6 is 15.9 Å². The van der Waals surface area contributed by atoms with Crippen LogP contribution in [0.5, 0.6) is 0 Å². The number of halogens is 1. The Labute approximate surface area is 154 Å². The Morgan fingerprint density at radius 2 is 2.00 bits per heavy atom. The SMILES string of the molecule is CCC(Nc1ccc(Br)cc1)C(=O)N/N=C/c1c[nH]c2ccccc12. The smallest absolute Gasteiger partial charge is 0.262 e. The highest BCUT2D eigenvalue weighted by molar-refractivity contribution is 9.10. The predicted molar refractivity (Wildman–Crippen MR) is 106 cm³/mol. The molecule has 3 aromatic rings. The van der Waals surface area contributed by atoms with Crippen molar-refractivity contribution in [1.82, 2.24) is 10.4 Å². The van der Waals surface area contributed by atoms with E-state index in [2.05, 4.69) is 36.8 Å². The molecule has 3 N–H and O–H groups in total. The first kappa shape index (κ1) is 17.2. The van der Waals surface area contributed by atoms with Gasteiger partial charge in [-0.2, -0.15) is 5.10 Å². The van der Waals surface area contributed by atoms with Gasteiger partial charge in [0.15, 0.2) is 0 Å². The number of hydrazone groups is 1. The Bertz CT molecular complexity index is 886. The van der Waals surface area contributed by atoms with E-state index < -0.39 is 0 Å². The Morgan fingerprint density at radius 3 is 2.76 bits per heavy atom. The van der Waals surface area contributed by atoms with E-state index in [9.17, 15) is 4.79 Å². The number of rotatable bonds is 6. The summed E-state index contributed by atoms with van der Waals surface area (Å²) in [5, 5.41) is 8.38. The molecular formula is C19H19BrN4O. The molecule has 0 bridgehead atoms. The summed E-state index contributed by atoms with van der Waals surface area (Å²) in [4.78, 5) is 15.5. The zero-order chi connectivity index (χ0) is 17.6. The molecule has 0 saturated carbocycles. The zero-order valence-corrected chi connectivity index (χ0v) is 15.4. The molecule has 128 valence electrons. The highest BCUT2D eigenvalue weighted by Gasteiger charge is 2.15. The van der Waals surface area contributed by atoms with Crippen molar-refractivity contribution in [2.24, 2.45) is 5.10 Å². The van der Waals surface area contributed by atoms with Gasteiger partial charge in [0, 0.05) is 32.8 Å². The van der Waals surface area contributed by atoms with E-state index in [1.807, 2.05) is 61.7 Å². The summed E-state index contributed by atoms with van der Waals surface area (Å²) in [5.74, 6) is -0.165. The highest BCUT2D eigenvalue weighted by atomic mass is 79.9. The first-order valence-corrected chi connectivity index (χ1v) is 8.88. The Hall–Kier alpha value is -2.60. The summed E-state index contributed by atoms with van der Waals surface area (Å²) < 4.78 is 0.999. The van der Waals surface area contributed by atoms with Gasteiger partial charge in [-0.15, -0.1) is 0 Å². The maximum absolute atomic E-state index is 12.3. The van der Waals surface area contributed by atoms with Gasteiger partial charge in [0.05, 0.1) is 6.21 Å². The number of H-pyrrole nitrogens is 1. The normalized spacial score (nSPS) is 12.4. The number of carbonyl (C=O) groups excluding carboxylic acids is 1. The number of anilines is 1. The molecule has 6 heteroatoms. The summed E-state index contributed by atoms with van der Waals surface area (Å²) in [7, 11) is 0. The maximum atomic E-state index is 12.3. The van der Waals surface area contributed by atoms with Crippen LogP contribution < -0.4 is 10.7 Å². The highest BCUT2D eigenvalue weighted by Crippen LogP contribution is 2.16. The Kier molecular flexibility index (Phi) is 5.50. The Morgan fingerprint density at radius 1 is 1.24 bits per heavy atom. The number of nitrogens with one attached hydrogen (secondary N) is 3. The molecule has 0 radical (unpaired) electrons. The monoisotopic (exact) mass is 398 g/mol. The van der Waals surface area contributed by atoms with Crippen LogP contribution in [0.1, 0.15) is 18.9 Å². The van der Waals surface area contributed by atoms with Gasteiger partial charge in [-0.05, 0) is 36.8 Å². The molecule has 1 heterocycles. The number of carbonyl (C=O) groups is 1. The average Bonchev–Trinajstić information content (AvgIpc) is 3.04. The molecule has 0 aliphatic carbocycles. The second-order valence-electron chi connectivity index (χ2n) is 5.64. The molecule has 0 fully saturated rings. The number of benzene rings is 2. The number of amides is 1. The fraction of sp³-hybridized carbons (Fsp3) is 0.158. The van der Waals surface area contributed by atoms with Crippen LogP contribution in [-0.4, -0.2) is 23.1 Å². The lowest BCUT2D eigenvalue weighted by molar-refractivity contribution is -0.121. The van der Waals surface area contributed by atoms with E-state index in [1.54, 1.807) is 6.21 Å². The van der Waals surface area contributed by atoms with Crippen LogP contribution in [0.15, 0.2) is 64.3 Å². The number of aromatic nitrogens is 1. The molecule has 1 aromatic heterocycles. The molecule has 0 aliphatic rings. The van der Waals surface area contributed by atoms with Gasteiger partial charge in [0.2, 0.25) is 0 Å². The summed E-state index contributed by atoms with van der Waals surface area (Å²) in [5.41, 5.74) is 5.48. The second kappa shape index (κ2) is 7.98. The fourth-order valence-electron chi connectivity index (χ4n) is 2.54. The van der Waals surface area contributed by atoms with Gasteiger partial charge in [-0.3, -0.25) is 4.79 Å². The van der Waals surface area contributed by atoms with Gasteiger partial charge in [-0.25, -0.2) is 5.43 Å². The van der Waals surface area contributed by atoms with Gasteiger partial charge in [0.1, 0.15) is 6.04 Å². The molecule has 3 rings (SSSR count). The quantitative estimate of drug-likeness (QED) is 0.428. The predicted octanol–water partition coefficient (Wildman–Crippen LogP) is 4.27. The van der Waals surface area contributed by atoms with Crippen LogP contribution in [0, 0.1) is 0 Å². The lowest BCUT2D eigenvalue weighted by Gasteiger charge is -2.16. The summed E-state index contributed by atoms with van der Waals surface area (Å²) in [6.07, 6.45) is 4.19. The van der Waals surface area contributed by atoms with Gasteiger partial charge < -0.3 is 10.3 Å². The number of para-hydroxylation sites is 1. The van der Waals surface area contributed by atoms with Crippen LogP contribution in [-0.2, 0) is 4.79 Å². The van der Waals surface area contributed by atoms with E-state index in [0.29, 0.717) is 6.42 Å². The standard InChI is InChI=1S/C19H19BrN4O/c1-2-17(23-15-9-7-14(20)8-10-15)19(25)24-22-12-13-11-21-18-6-4-3-5-16(13)18/h3-12,17,21,23H,2H2,1H3,(H,24,25)/b22-12+. The van der Waals surface area contributed by atoms with Crippen LogP contribution in [0.2, 0.25) is 0 Å². The van der Waals surface area contributed by atoms with Gasteiger partial charge in [-0.1, -0.05) is 41.1 Å². The van der Waals surface area contributed by atoms with Crippen molar-refractivity contribution in [1.29, 1.82) is 0 Å². The lowest BCUT2D eigenvalue weighted by Crippen LogP contribution is -2.36. The average molecular weight is 399 g/mol. The zero-order valence-electron chi connectivity index (χ0n) is 13.8. The van der Waals surface area contributed by atoms with E-state index in [-0.39, 0.29) is 11.9 Å². The third-order valence-corrected chi connectivity index (χ3v) is 4.44. The number of aromatic amines is 1. The van der Waals surface area contributed by atoms with Crippen molar-refractivity contribution in [3.05, 3.63) is 64.8 Å². The van der Waals surface area contributed by atoms with Crippen molar-refractivity contribution < 1.29 is 4.79 Å². The first-order valence-electron chi connectivity index (χ1n) is 8.08. The van der Waals surface area contributed by atoms with Crippen molar-refractivity contribution in [3.63, 3.8) is 0 Å². The van der Waals surface area contributed by atoms with Crippen molar-refractivity contribution >= 4 is 44.6 Å². The topological polar surface area (TPSA) is 69.3 Å². The largest absolute Gasteiger partial charge is 0.374 e.